The van der Waals surface area contributed by atoms with Crippen LogP contribution in [0.3, 0.4) is 0 Å². The maximum atomic E-state index is 5.90. The Labute approximate surface area is 138 Å². The van der Waals surface area contributed by atoms with Gasteiger partial charge in [0.15, 0.2) is 0 Å². The normalized spacial score (nSPS) is 10.6. The number of nitrogens with one attached hydrogen (secondary N) is 1. The molecular formula is C15H17ClIN3. The highest BCUT2D eigenvalue weighted by molar-refractivity contribution is 14.1. The molecule has 0 aliphatic carbocycles. The summed E-state index contributed by atoms with van der Waals surface area (Å²) >= 11 is 8.19. The second-order valence-electron chi connectivity index (χ2n) is 4.62. The maximum absolute atomic E-state index is 5.90. The van der Waals surface area contributed by atoms with Crippen molar-refractivity contribution in [2.75, 3.05) is 11.9 Å². The third-order valence-corrected chi connectivity index (χ3v) is 4.42. The number of aromatic nitrogens is 2. The minimum atomic E-state index is 0.718. The number of anilines is 1. The summed E-state index contributed by atoms with van der Waals surface area (Å²) in [5.41, 5.74) is 2.18. The third-order valence-electron chi connectivity index (χ3n) is 2.88. The molecule has 5 heteroatoms. The monoisotopic (exact) mass is 401 g/mol. The molecule has 0 radical (unpaired) electrons. The highest BCUT2D eigenvalue weighted by Crippen LogP contribution is 2.20. The summed E-state index contributed by atoms with van der Waals surface area (Å²) in [5.74, 6) is 1.77. The van der Waals surface area contributed by atoms with Gasteiger partial charge in [-0.2, -0.15) is 0 Å². The van der Waals surface area contributed by atoms with Crippen molar-refractivity contribution in [1.82, 2.24) is 9.97 Å². The lowest BCUT2D eigenvalue weighted by atomic mass is 10.1. The molecule has 2 rings (SSSR count). The first-order valence-electron chi connectivity index (χ1n) is 6.61. The van der Waals surface area contributed by atoms with E-state index < -0.39 is 0 Å². The topological polar surface area (TPSA) is 37.8 Å². The number of benzene rings is 1. The number of hydrogen-bond donors (Lipinski definition) is 1. The molecule has 0 bridgehead atoms. The number of hydrogen-bond acceptors (Lipinski definition) is 3. The van der Waals surface area contributed by atoms with Gasteiger partial charge in [-0.25, -0.2) is 9.97 Å². The molecular weight excluding hydrogens is 385 g/mol. The van der Waals surface area contributed by atoms with Crippen molar-refractivity contribution in [3.63, 3.8) is 0 Å². The van der Waals surface area contributed by atoms with E-state index >= 15 is 0 Å². The molecule has 0 saturated heterocycles. The van der Waals surface area contributed by atoms with Gasteiger partial charge in [0.05, 0.1) is 9.26 Å². The molecule has 0 spiro atoms. The largest absolute Gasteiger partial charge is 0.369 e. The number of aryl methyl sites for hydroxylation is 1. The fraction of sp³-hybridized carbons (Fsp3) is 0.333. The summed E-state index contributed by atoms with van der Waals surface area (Å²) in [6.07, 6.45) is 1.79. The molecule has 106 valence electrons. The van der Waals surface area contributed by atoms with Crippen LogP contribution in [0.15, 0.2) is 24.3 Å². The van der Waals surface area contributed by atoms with Crippen LogP contribution in [0.5, 0.6) is 0 Å². The predicted molar refractivity (Wildman–Crippen MR) is 92.5 cm³/mol. The van der Waals surface area contributed by atoms with Crippen LogP contribution in [0.25, 0.3) is 0 Å². The van der Waals surface area contributed by atoms with Crippen LogP contribution in [-0.4, -0.2) is 16.5 Å². The van der Waals surface area contributed by atoms with Crippen LogP contribution < -0.4 is 5.32 Å². The van der Waals surface area contributed by atoms with Crippen molar-refractivity contribution >= 4 is 40.0 Å². The molecule has 0 atom stereocenters. The Bertz CT molecular complexity index is 584. The highest BCUT2D eigenvalue weighted by Gasteiger charge is 2.09. The summed E-state index contributed by atoms with van der Waals surface area (Å²) < 4.78 is 1.09. The smallest absolute Gasteiger partial charge is 0.143 e. The van der Waals surface area contributed by atoms with Crippen LogP contribution in [0.1, 0.15) is 30.4 Å². The van der Waals surface area contributed by atoms with Gasteiger partial charge in [0.2, 0.25) is 0 Å². The molecule has 1 aromatic heterocycles. The van der Waals surface area contributed by atoms with Gasteiger partial charge < -0.3 is 5.32 Å². The average Bonchev–Trinajstić information content (AvgIpc) is 2.43. The zero-order valence-corrected chi connectivity index (χ0v) is 14.5. The lowest BCUT2D eigenvalue weighted by Gasteiger charge is -2.11. The molecule has 1 heterocycles. The van der Waals surface area contributed by atoms with E-state index in [4.69, 9.17) is 11.6 Å². The summed E-state index contributed by atoms with van der Waals surface area (Å²) in [6, 6.07) is 7.82. The van der Waals surface area contributed by atoms with Gasteiger partial charge in [0.1, 0.15) is 11.6 Å². The van der Waals surface area contributed by atoms with E-state index in [2.05, 4.69) is 44.8 Å². The molecule has 0 aliphatic rings. The summed E-state index contributed by atoms with van der Waals surface area (Å²) in [5, 5.41) is 4.11. The minimum absolute atomic E-state index is 0.718. The van der Waals surface area contributed by atoms with Crippen LogP contribution in [-0.2, 0) is 6.42 Å². The lowest BCUT2D eigenvalue weighted by molar-refractivity contribution is 0.909. The maximum Gasteiger partial charge on any atom is 0.143 e. The van der Waals surface area contributed by atoms with E-state index in [-0.39, 0.29) is 0 Å². The van der Waals surface area contributed by atoms with Crippen LogP contribution in [0.2, 0.25) is 5.02 Å². The zero-order chi connectivity index (χ0) is 14.5. The van der Waals surface area contributed by atoms with Gasteiger partial charge in [-0.05, 0) is 53.6 Å². The lowest BCUT2D eigenvalue weighted by Crippen LogP contribution is -2.09. The quantitative estimate of drug-likeness (QED) is 0.752. The molecule has 3 nitrogen and oxygen atoms in total. The van der Waals surface area contributed by atoms with E-state index in [0.29, 0.717) is 0 Å². The Balaban J connectivity index is 2.23. The molecule has 0 unspecified atom stereocenters. The first-order valence-corrected chi connectivity index (χ1v) is 8.07. The fourth-order valence-corrected chi connectivity index (χ4v) is 2.40. The van der Waals surface area contributed by atoms with E-state index in [0.717, 1.165) is 50.9 Å². The van der Waals surface area contributed by atoms with Gasteiger partial charge in [0, 0.05) is 18.0 Å². The average molecular weight is 402 g/mol. The molecule has 20 heavy (non-hydrogen) atoms. The molecule has 0 saturated carbocycles. The Morgan fingerprint density at radius 3 is 2.55 bits per heavy atom. The van der Waals surface area contributed by atoms with Gasteiger partial charge in [0.25, 0.3) is 0 Å². The molecule has 1 N–H and O–H groups in total. The predicted octanol–water partition coefficient (Wildman–Crippen LogP) is 4.46. The molecule has 0 aliphatic heterocycles. The number of rotatable bonds is 5. The van der Waals surface area contributed by atoms with Crippen LogP contribution in [0, 0.1) is 10.5 Å². The standard InChI is InChI=1S/C15H17ClIN3/c1-3-8-18-15-14(17)10(2)19-13(20-15)9-11-4-6-12(16)7-5-11/h4-7H,3,8-9H2,1-2H3,(H,18,19,20). The van der Waals surface area contributed by atoms with Gasteiger partial charge in [-0.1, -0.05) is 30.7 Å². The molecule has 2 aromatic rings. The van der Waals surface area contributed by atoms with Crippen molar-refractivity contribution < 1.29 is 0 Å². The minimum Gasteiger partial charge on any atom is -0.369 e. The summed E-state index contributed by atoms with van der Waals surface area (Å²) in [4.78, 5) is 9.19. The molecule has 0 amide bonds. The number of halogens is 2. The van der Waals surface area contributed by atoms with E-state index in [1.54, 1.807) is 0 Å². The van der Waals surface area contributed by atoms with Crippen LogP contribution >= 0.6 is 34.2 Å². The van der Waals surface area contributed by atoms with Crippen LogP contribution in [0.4, 0.5) is 5.82 Å². The van der Waals surface area contributed by atoms with Gasteiger partial charge in [-0.15, -0.1) is 0 Å². The second-order valence-corrected chi connectivity index (χ2v) is 6.13. The molecule has 0 fully saturated rings. The Morgan fingerprint density at radius 2 is 1.90 bits per heavy atom. The van der Waals surface area contributed by atoms with E-state index in [1.165, 1.54) is 0 Å². The summed E-state index contributed by atoms with van der Waals surface area (Å²) in [7, 11) is 0. The Kier molecular flexibility index (Phi) is 5.60. The van der Waals surface area contributed by atoms with Crippen molar-refractivity contribution in [2.24, 2.45) is 0 Å². The van der Waals surface area contributed by atoms with Crippen molar-refractivity contribution in [2.45, 2.75) is 26.7 Å². The Morgan fingerprint density at radius 1 is 1.20 bits per heavy atom. The SMILES string of the molecule is CCCNc1nc(Cc2ccc(Cl)cc2)nc(C)c1I. The molecule has 1 aromatic carbocycles. The van der Waals surface area contributed by atoms with Crippen molar-refractivity contribution in [3.8, 4) is 0 Å². The van der Waals surface area contributed by atoms with Crippen molar-refractivity contribution in [3.05, 3.63) is 49.9 Å². The zero-order valence-electron chi connectivity index (χ0n) is 11.6. The number of nitrogens with zero attached hydrogens (tertiary/aromatic N) is 2. The third kappa shape index (κ3) is 4.06. The summed E-state index contributed by atoms with van der Waals surface area (Å²) in [6.45, 7) is 5.08. The fourth-order valence-electron chi connectivity index (χ4n) is 1.84. The van der Waals surface area contributed by atoms with Gasteiger partial charge in [-0.3, -0.25) is 0 Å². The van der Waals surface area contributed by atoms with Crippen molar-refractivity contribution in [1.29, 1.82) is 0 Å². The first-order chi connectivity index (χ1) is 9.60. The van der Waals surface area contributed by atoms with E-state index in [1.807, 2.05) is 31.2 Å². The first kappa shape index (κ1) is 15.5. The second kappa shape index (κ2) is 7.22. The van der Waals surface area contributed by atoms with Gasteiger partial charge >= 0.3 is 0 Å². The highest BCUT2D eigenvalue weighted by atomic mass is 127. The Hall–Kier alpha value is -0.880. The van der Waals surface area contributed by atoms with E-state index in [9.17, 15) is 0 Å².